The average molecular weight is 439 g/mol. The number of amides is 1. The lowest BCUT2D eigenvalue weighted by atomic mass is 9.87. The van der Waals surface area contributed by atoms with Crippen LogP contribution >= 0.6 is 11.3 Å². The predicted molar refractivity (Wildman–Crippen MR) is 127 cm³/mol. The van der Waals surface area contributed by atoms with Crippen molar-refractivity contribution in [3.05, 3.63) is 59.5 Å². The lowest BCUT2D eigenvalue weighted by Crippen LogP contribution is -2.20. The largest absolute Gasteiger partial charge is 0.494 e. The van der Waals surface area contributed by atoms with E-state index < -0.39 is 0 Å². The van der Waals surface area contributed by atoms with Crippen LogP contribution in [0.25, 0.3) is 11.3 Å². The van der Waals surface area contributed by atoms with Crippen molar-refractivity contribution in [1.82, 2.24) is 4.98 Å². The van der Waals surface area contributed by atoms with Crippen molar-refractivity contribution < 1.29 is 14.3 Å². The van der Waals surface area contributed by atoms with Crippen LogP contribution in [-0.4, -0.2) is 24.1 Å². The number of thiazole rings is 1. The van der Waals surface area contributed by atoms with Gasteiger partial charge in [-0.25, -0.2) is 4.98 Å². The monoisotopic (exact) mass is 438 g/mol. The van der Waals surface area contributed by atoms with E-state index in [-0.39, 0.29) is 17.9 Å². The average Bonchev–Trinajstić information content (AvgIpc) is 3.21. The second kappa shape index (κ2) is 10.4. The fourth-order valence-corrected chi connectivity index (χ4v) is 3.61. The van der Waals surface area contributed by atoms with Crippen LogP contribution in [0.5, 0.6) is 11.5 Å². The van der Waals surface area contributed by atoms with Crippen LogP contribution in [-0.2, 0) is 10.2 Å². The summed E-state index contributed by atoms with van der Waals surface area (Å²) in [7, 11) is 0. The highest BCUT2D eigenvalue weighted by atomic mass is 32.1. The molecule has 1 N–H and O–H groups in total. The Bertz CT molecular complexity index is 973. The van der Waals surface area contributed by atoms with Crippen LogP contribution < -0.4 is 14.8 Å². The van der Waals surface area contributed by atoms with Crippen LogP contribution in [0.4, 0.5) is 5.13 Å². The molecule has 0 spiro atoms. The number of aromatic nitrogens is 1. The summed E-state index contributed by atoms with van der Waals surface area (Å²) < 4.78 is 11.3. The number of benzene rings is 2. The molecule has 1 aromatic heterocycles. The van der Waals surface area contributed by atoms with Crippen molar-refractivity contribution in [2.75, 3.05) is 18.5 Å². The molecule has 31 heavy (non-hydrogen) atoms. The molecule has 6 heteroatoms. The fourth-order valence-electron chi connectivity index (χ4n) is 2.88. The Hall–Kier alpha value is -2.86. The van der Waals surface area contributed by atoms with Crippen LogP contribution in [0.1, 0.15) is 46.1 Å². The van der Waals surface area contributed by atoms with Crippen molar-refractivity contribution in [3.63, 3.8) is 0 Å². The summed E-state index contributed by atoms with van der Waals surface area (Å²) in [4.78, 5) is 16.8. The molecule has 3 aromatic rings. The Morgan fingerprint density at radius 3 is 2.29 bits per heavy atom. The van der Waals surface area contributed by atoms with E-state index in [9.17, 15) is 4.79 Å². The molecule has 164 valence electrons. The van der Waals surface area contributed by atoms with Crippen molar-refractivity contribution in [3.8, 4) is 22.8 Å². The van der Waals surface area contributed by atoms with Gasteiger partial charge in [0.05, 0.1) is 12.3 Å². The van der Waals surface area contributed by atoms with E-state index in [1.54, 1.807) is 0 Å². The van der Waals surface area contributed by atoms with E-state index in [0.717, 1.165) is 36.5 Å². The Morgan fingerprint density at radius 1 is 1.00 bits per heavy atom. The van der Waals surface area contributed by atoms with Crippen LogP contribution in [0.2, 0.25) is 0 Å². The highest BCUT2D eigenvalue weighted by Gasteiger charge is 2.13. The van der Waals surface area contributed by atoms with Gasteiger partial charge in [-0.3, -0.25) is 10.1 Å². The number of hydrogen-bond donors (Lipinski definition) is 1. The number of hydrogen-bond acceptors (Lipinski definition) is 5. The molecule has 0 saturated carbocycles. The van der Waals surface area contributed by atoms with Gasteiger partial charge in [-0.1, -0.05) is 46.2 Å². The number of carbonyl (C=O) groups excluding carboxylic acids is 1. The molecule has 0 bridgehead atoms. The summed E-state index contributed by atoms with van der Waals surface area (Å²) in [6.45, 7) is 9.29. The molecule has 0 aliphatic heterocycles. The number of rotatable bonds is 9. The summed E-state index contributed by atoms with van der Waals surface area (Å²) in [5.74, 6) is 1.29. The first kappa shape index (κ1) is 22.8. The van der Waals surface area contributed by atoms with Gasteiger partial charge < -0.3 is 9.47 Å². The molecule has 0 saturated heterocycles. The summed E-state index contributed by atoms with van der Waals surface area (Å²) in [6, 6.07) is 15.7. The van der Waals surface area contributed by atoms with E-state index in [1.807, 2.05) is 53.9 Å². The van der Waals surface area contributed by atoms with Gasteiger partial charge in [0.1, 0.15) is 11.5 Å². The minimum absolute atomic E-state index is 0.0619. The SMILES string of the molecule is CCCCOc1ccc(-c2csc(NC(=O)COc3ccc(C(C)(C)C)cc3)n2)cc1. The smallest absolute Gasteiger partial charge is 0.264 e. The molecule has 0 atom stereocenters. The summed E-state index contributed by atoms with van der Waals surface area (Å²) in [6.07, 6.45) is 2.16. The summed E-state index contributed by atoms with van der Waals surface area (Å²) in [5, 5.41) is 5.28. The van der Waals surface area contributed by atoms with Crippen molar-refractivity contribution in [2.24, 2.45) is 0 Å². The van der Waals surface area contributed by atoms with E-state index in [4.69, 9.17) is 9.47 Å². The predicted octanol–water partition coefficient (Wildman–Crippen LogP) is 6.30. The summed E-state index contributed by atoms with van der Waals surface area (Å²) >= 11 is 1.39. The molecule has 5 nitrogen and oxygen atoms in total. The summed E-state index contributed by atoms with van der Waals surface area (Å²) in [5.41, 5.74) is 3.11. The zero-order valence-corrected chi connectivity index (χ0v) is 19.4. The van der Waals surface area contributed by atoms with E-state index in [2.05, 4.69) is 38.0 Å². The molecule has 1 heterocycles. The van der Waals surface area contributed by atoms with Crippen LogP contribution in [0, 0.1) is 0 Å². The molecule has 0 fully saturated rings. The lowest BCUT2D eigenvalue weighted by Gasteiger charge is -2.19. The van der Waals surface area contributed by atoms with Crippen molar-refractivity contribution in [2.45, 2.75) is 46.0 Å². The fraction of sp³-hybridized carbons (Fsp3) is 0.360. The molecule has 3 rings (SSSR count). The van der Waals surface area contributed by atoms with Gasteiger partial charge in [-0.05, 0) is 53.8 Å². The molecule has 1 amide bonds. The molecule has 0 aliphatic rings. The number of carbonyl (C=O) groups is 1. The molecular weight excluding hydrogens is 408 g/mol. The first-order chi connectivity index (χ1) is 14.8. The third kappa shape index (κ3) is 6.82. The molecule has 0 radical (unpaired) electrons. The number of ether oxygens (including phenoxy) is 2. The van der Waals surface area contributed by atoms with Crippen molar-refractivity contribution in [1.29, 1.82) is 0 Å². The number of unbranched alkanes of at least 4 members (excludes halogenated alkanes) is 1. The maximum Gasteiger partial charge on any atom is 0.264 e. The minimum Gasteiger partial charge on any atom is -0.494 e. The molecule has 2 aromatic carbocycles. The highest BCUT2D eigenvalue weighted by Crippen LogP contribution is 2.27. The van der Waals surface area contributed by atoms with Gasteiger partial charge in [0, 0.05) is 10.9 Å². The normalized spacial score (nSPS) is 11.2. The van der Waals surface area contributed by atoms with Crippen LogP contribution in [0.3, 0.4) is 0 Å². The number of nitrogens with one attached hydrogen (secondary N) is 1. The molecule has 0 aliphatic carbocycles. The zero-order valence-electron chi connectivity index (χ0n) is 18.6. The molecular formula is C25H30N2O3S. The van der Waals surface area contributed by atoms with Crippen molar-refractivity contribution >= 4 is 22.4 Å². The minimum atomic E-state index is -0.236. The quantitative estimate of drug-likeness (QED) is 0.398. The zero-order chi connectivity index (χ0) is 22.3. The molecule has 0 unspecified atom stereocenters. The third-order valence-electron chi connectivity index (χ3n) is 4.76. The Morgan fingerprint density at radius 2 is 1.65 bits per heavy atom. The second-order valence-corrected chi connectivity index (χ2v) is 9.23. The maximum atomic E-state index is 12.2. The lowest BCUT2D eigenvalue weighted by molar-refractivity contribution is -0.118. The Balaban J connectivity index is 1.50. The van der Waals surface area contributed by atoms with Gasteiger partial charge in [0.25, 0.3) is 5.91 Å². The third-order valence-corrected chi connectivity index (χ3v) is 5.52. The first-order valence-electron chi connectivity index (χ1n) is 10.6. The maximum absolute atomic E-state index is 12.2. The Kier molecular flexibility index (Phi) is 7.69. The number of anilines is 1. The van der Waals surface area contributed by atoms with Crippen LogP contribution in [0.15, 0.2) is 53.9 Å². The first-order valence-corrected chi connectivity index (χ1v) is 11.4. The van der Waals surface area contributed by atoms with E-state index in [0.29, 0.717) is 10.9 Å². The second-order valence-electron chi connectivity index (χ2n) is 8.38. The standard InChI is InChI=1S/C25H30N2O3S/c1-5-6-15-29-20-11-7-18(8-12-20)22-17-31-24(26-22)27-23(28)16-30-21-13-9-19(10-14-21)25(2,3)4/h7-14,17H,5-6,15-16H2,1-4H3,(H,26,27,28). The highest BCUT2D eigenvalue weighted by molar-refractivity contribution is 7.14. The van der Waals surface area contributed by atoms with E-state index in [1.165, 1.54) is 16.9 Å². The van der Waals surface area contributed by atoms with Gasteiger partial charge in [0.15, 0.2) is 11.7 Å². The number of nitrogens with zero attached hydrogens (tertiary/aromatic N) is 1. The van der Waals surface area contributed by atoms with Gasteiger partial charge >= 0.3 is 0 Å². The Labute approximate surface area is 188 Å². The van der Waals surface area contributed by atoms with Gasteiger partial charge in [-0.15, -0.1) is 11.3 Å². The van der Waals surface area contributed by atoms with Gasteiger partial charge in [0.2, 0.25) is 0 Å². The van der Waals surface area contributed by atoms with E-state index >= 15 is 0 Å². The topological polar surface area (TPSA) is 60.5 Å². The van der Waals surface area contributed by atoms with Gasteiger partial charge in [-0.2, -0.15) is 0 Å².